The normalized spacial score (nSPS) is 17.2. The van der Waals surface area contributed by atoms with Crippen molar-refractivity contribution in [3.8, 4) is 0 Å². The summed E-state index contributed by atoms with van der Waals surface area (Å²) < 4.78 is 38.4. The van der Waals surface area contributed by atoms with Crippen molar-refractivity contribution in [3.63, 3.8) is 0 Å². The predicted molar refractivity (Wildman–Crippen MR) is 70.3 cm³/mol. The minimum Gasteiger partial charge on any atom is -0.371 e. The fraction of sp³-hybridized carbons (Fsp3) is 0.571. The Morgan fingerprint density at radius 3 is 2.74 bits per heavy atom. The van der Waals surface area contributed by atoms with Crippen LogP contribution in [0.15, 0.2) is 18.2 Å². The van der Waals surface area contributed by atoms with E-state index in [0.717, 1.165) is 29.7 Å². The summed E-state index contributed by atoms with van der Waals surface area (Å²) in [5, 5.41) is 0. The first-order valence-corrected chi connectivity index (χ1v) is 6.53. The van der Waals surface area contributed by atoms with Gasteiger partial charge in [-0.1, -0.05) is 17.7 Å². The number of alkyl halides is 3. The van der Waals surface area contributed by atoms with Gasteiger partial charge in [0.15, 0.2) is 0 Å². The zero-order valence-electron chi connectivity index (χ0n) is 11.0. The van der Waals surface area contributed by atoms with E-state index >= 15 is 0 Å². The molecule has 1 unspecified atom stereocenters. The van der Waals surface area contributed by atoms with Crippen LogP contribution in [0.4, 0.5) is 18.9 Å². The van der Waals surface area contributed by atoms with E-state index < -0.39 is 12.1 Å². The van der Waals surface area contributed by atoms with E-state index in [1.165, 1.54) is 0 Å². The van der Waals surface area contributed by atoms with Crippen molar-refractivity contribution in [1.29, 1.82) is 0 Å². The summed E-state index contributed by atoms with van der Waals surface area (Å²) in [7, 11) is 0. The minimum absolute atomic E-state index is 0.0456. The van der Waals surface area contributed by atoms with Gasteiger partial charge in [-0.05, 0) is 31.4 Å². The van der Waals surface area contributed by atoms with Crippen LogP contribution in [0, 0.1) is 12.8 Å². The van der Waals surface area contributed by atoms with Crippen LogP contribution < -0.4 is 10.6 Å². The molecule has 1 aromatic rings. The Hall–Kier alpha value is -1.23. The zero-order valence-corrected chi connectivity index (χ0v) is 11.0. The van der Waals surface area contributed by atoms with Gasteiger partial charge in [-0.2, -0.15) is 13.2 Å². The zero-order chi connectivity index (χ0) is 14.0. The van der Waals surface area contributed by atoms with Crippen molar-refractivity contribution in [2.24, 2.45) is 11.7 Å². The molecule has 0 saturated heterocycles. The number of nitrogens with zero attached hydrogens (tertiary/aromatic N) is 1. The number of hydrogen-bond donors (Lipinski definition) is 1. The number of hydrogen-bond acceptors (Lipinski definition) is 2. The van der Waals surface area contributed by atoms with E-state index in [-0.39, 0.29) is 13.1 Å². The summed E-state index contributed by atoms with van der Waals surface area (Å²) in [6.07, 6.45) is -2.39. The summed E-state index contributed by atoms with van der Waals surface area (Å²) in [6, 6.07) is 5.93. The van der Waals surface area contributed by atoms with E-state index in [1.54, 1.807) is 0 Å². The molecule has 2 N–H and O–H groups in total. The lowest BCUT2D eigenvalue weighted by Gasteiger charge is -2.34. The van der Waals surface area contributed by atoms with E-state index in [2.05, 4.69) is 6.07 Å². The highest BCUT2D eigenvalue weighted by Gasteiger charge is 2.40. The third kappa shape index (κ3) is 3.21. The summed E-state index contributed by atoms with van der Waals surface area (Å²) in [5.41, 5.74) is 8.49. The van der Waals surface area contributed by atoms with E-state index in [4.69, 9.17) is 5.73 Å². The maximum absolute atomic E-state index is 12.8. The smallest absolute Gasteiger partial charge is 0.371 e. The average molecular weight is 272 g/mol. The lowest BCUT2D eigenvalue weighted by molar-refractivity contribution is -0.169. The first-order chi connectivity index (χ1) is 8.91. The number of fused-ring (bicyclic) bond motifs is 1. The molecule has 5 heteroatoms. The third-order valence-corrected chi connectivity index (χ3v) is 3.64. The molecule has 1 aliphatic rings. The van der Waals surface area contributed by atoms with Crippen LogP contribution in [0.25, 0.3) is 0 Å². The molecule has 0 saturated carbocycles. The molecule has 2 nitrogen and oxygen atoms in total. The quantitative estimate of drug-likeness (QED) is 0.916. The van der Waals surface area contributed by atoms with Crippen LogP contribution in [-0.2, 0) is 6.42 Å². The molecule has 1 aromatic carbocycles. The van der Waals surface area contributed by atoms with Gasteiger partial charge in [0.1, 0.15) is 0 Å². The summed E-state index contributed by atoms with van der Waals surface area (Å²) in [6.45, 7) is 2.26. The number of halogens is 3. The van der Waals surface area contributed by atoms with Gasteiger partial charge < -0.3 is 10.6 Å². The molecule has 0 fully saturated rings. The Kier molecular flexibility index (Phi) is 4.04. The number of nitrogens with two attached hydrogens (primary N) is 1. The molecule has 0 bridgehead atoms. The van der Waals surface area contributed by atoms with Crippen LogP contribution in [0.3, 0.4) is 0 Å². The van der Waals surface area contributed by atoms with Gasteiger partial charge in [0, 0.05) is 25.3 Å². The van der Waals surface area contributed by atoms with E-state index in [9.17, 15) is 13.2 Å². The summed E-state index contributed by atoms with van der Waals surface area (Å²) in [5.74, 6) is -1.46. The molecule has 0 aliphatic carbocycles. The molecule has 0 amide bonds. The highest BCUT2D eigenvalue weighted by Crippen LogP contribution is 2.32. The highest BCUT2D eigenvalue weighted by molar-refractivity contribution is 5.56. The molecule has 19 heavy (non-hydrogen) atoms. The fourth-order valence-corrected chi connectivity index (χ4v) is 2.57. The molecule has 2 rings (SSSR count). The van der Waals surface area contributed by atoms with Crippen LogP contribution in [0.1, 0.15) is 17.5 Å². The van der Waals surface area contributed by atoms with Crippen molar-refractivity contribution in [3.05, 3.63) is 29.3 Å². The monoisotopic (exact) mass is 272 g/mol. The largest absolute Gasteiger partial charge is 0.394 e. The van der Waals surface area contributed by atoms with Crippen molar-refractivity contribution in [2.45, 2.75) is 25.9 Å². The lowest BCUT2D eigenvalue weighted by Crippen LogP contribution is -2.42. The first-order valence-electron chi connectivity index (χ1n) is 6.53. The summed E-state index contributed by atoms with van der Waals surface area (Å²) in [4.78, 5) is 1.82. The Morgan fingerprint density at radius 2 is 2.11 bits per heavy atom. The van der Waals surface area contributed by atoms with Gasteiger partial charge in [0.2, 0.25) is 0 Å². The number of aryl methyl sites for hydroxylation is 2. The first kappa shape index (κ1) is 14.2. The maximum Gasteiger partial charge on any atom is 0.394 e. The maximum atomic E-state index is 12.8. The Morgan fingerprint density at radius 1 is 1.37 bits per heavy atom. The Labute approximate surface area is 111 Å². The van der Waals surface area contributed by atoms with Crippen LogP contribution in [0.2, 0.25) is 0 Å². The molecule has 1 aliphatic heterocycles. The molecule has 1 atom stereocenters. The lowest BCUT2D eigenvalue weighted by atomic mass is 9.98. The van der Waals surface area contributed by atoms with Crippen molar-refractivity contribution in [2.75, 3.05) is 24.5 Å². The van der Waals surface area contributed by atoms with Gasteiger partial charge in [0.25, 0.3) is 0 Å². The second-order valence-corrected chi connectivity index (χ2v) is 5.16. The predicted octanol–water partition coefficient (Wildman–Crippen LogP) is 2.88. The van der Waals surface area contributed by atoms with Crippen molar-refractivity contribution >= 4 is 5.69 Å². The van der Waals surface area contributed by atoms with Crippen molar-refractivity contribution in [1.82, 2.24) is 0 Å². The number of anilines is 1. The summed E-state index contributed by atoms with van der Waals surface area (Å²) >= 11 is 0. The standard InChI is InChI=1S/C14H19F3N2/c1-10-4-5-13-11(7-10)3-2-6-19(13)9-12(8-18)14(15,16)17/h4-5,7,12H,2-3,6,8-9,18H2,1H3. The SMILES string of the molecule is Cc1ccc2c(c1)CCCN2CC(CN)C(F)(F)F. The van der Waals surface area contributed by atoms with E-state index in [0.29, 0.717) is 6.54 Å². The Balaban J connectivity index is 2.19. The van der Waals surface area contributed by atoms with Crippen molar-refractivity contribution < 1.29 is 13.2 Å². The van der Waals surface area contributed by atoms with Gasteiger partial charge in [0.05, 0.1) is 5.92 Å². The van der Waals surface area contributed by atoms with Crippen LogP contribution in [-0.4, -0.2) is 25.8 Å². The second kappa shape index (κ2) is 5.41. The number of rotatable bonds is 3. The van der Waals surface area contributed by atoms with Gasteiger partial charge >= 0.3 is 6.18 Å². The van der Waals surface area contributed by atoms with Gasteiger partial charge in [-0.3, -0.25) is 0 Å². The van der Waals surface area contributed by atoms with Crippen LogP contribution >= 0.6 is 0 Å². The Bertz CT molecular complexity index is 443. The molecule has 1 heterocycles. The molecule has 106 valence electrons. The van der Waals surface area contributed by atoms with E-state index in [1.807, 2.05) is 24.0 Å². The molecular weight excluding hydrogens is 253 g/mol. The average Bonchev–Trinajstić information content (AvgIpc) is 2.34. The second-order valence-electron chi connectivity index (χ2n) is 5.16. The number of benzene rings is 1. The fourth-order valence-electron chi connectivity index (χ4n) is 2.57. The third-order valence-electron chi connectivity index (χ3n) is 3.64. The van der Waals surface area contributed by atoms with Gasteiger partial charge in [-0.15, -0.1) is 0 Å². The molecule has 0 radical (unpaired) electrons. The molecule has 0 aromatic heterocycles. The van der Waals surface area contributed by atoms with Gasteiger partial charge in [-0.25, -0.2) is 0 Å². The van der Waals surface area contributed by atoms with Crippen LogP contribution in [0.5, 0.6) is 0 Å². The molecule has 0 spiro atoms. The topological polar surface area (TPSA) is 29.3 Å². The highest BCUT2D eigenvalue weighted by atomic mass is 19.4. The minimum atomic E-state index is -4.23. The molecular formula is C14H19F3N2.